The molecule has 0 aromatic heterocycles. The Labute approximate surface area is 126 Å². The van der Waals surface area contributed by atoms with Crippen LogP contribution in [0.25, 0.3) is 0 Å². The van der Waals surface area contributed by atoms with E-state index in [-0.39, 0.29) is 5.91 Å². The van der Waals surface area contributed by atoms with Crippen LogP contribution in [0.5, 0.6) is 0 Å². The van der Waals surface area contributed by atoms with Gasteiger partial charge in [-0.25, -0.2) is 0 Å². The molecule has 1 heterocycles. The van der Waals surface area contributed by atoms with Crippen LogP contribution in [0.15, 0.2) is 18.2 Å². The zero-order valence-corrected chi connectivity index (χ0v) is 13.0. The summed E-state index contributed by atoms with van der Waals surface area (Å²) < 4.78 is 0. The lowest BCUT2D eigenvalue weighted by Gasteiger charge is -2.22. The van der Waals surface area contributed by atoms with Crippen LogP contribution in [0.1, 0.15) is 38.7 Å². The summed E-state index contributed by atoms with van der Waals surface area (Å²) in [6.45, 7) is 5.89. The number of nitrogens with zero attached hydrogens (tertiary/aromatic N) is 1. The van der Waals surface area contributed by atoms with Gasteiger partial charge in [-0.2, -0.15) is 0 Å². The molecule has 0 saturated carbocycles. The smallest absolute Gasteiger partial charge is 0.222 e. The molecule has 0 aliphatic carbocycles. The zero-order valence-electron chi connectivity index (χ0n) is 12.2. The van der Waals surface area contributed by atoms with Gasteiger partial charge in [0.1, 0.15) is 0 Å². The molecular formula is C16H23ClN2O. The fourth-order valence-corrected chi connectivity index (χ4v) is 2.99. The molecule has 1 aromatic rings. The van der Waals surface area contributed by atoms with E-state index in [1.165, 1.54) is 0 Å². The molecule has 110 valence electrons. The summed E-state index contributed by atoms with van der Waals surface area (Å²) in [5, 5.41) is 0.633. The van der Waals surface area contributed by atoms with Crippen molar-refractivity contribution in [3.63, 3.8) is 0 Å². The molecule has 0 bridgehead atoms. The van der Waals surface area contributed by atoms with Crippen LogP contribution in [0, 0.1) is 11.8 Å². The Balaban J connectivity index is 2.06. The summed E-state index contributed by atoms with van der Waals surface area (Å²) in [4.78, 5) is 14.2. The van der Waals surface area contributed by atoms with Crippen LogP contribution in [0.2, 0.25) is 5.02 Å². The molecule has 2 N–H and O–H groups in total. The van der Waals surface area contributed by atoms with Crippen molar-refractivity contribution >= 4 is 23.2 Å². The summed E-state index contributed by atoms with van der Waals surface area (Å²) >= 11 is 5.91. The van der Waals surface area contributed by atoms with Crippen LogP contribution < -0.4 is 5.73 Å². The molecule has 0 spiro atoms. The van der Waals surface area contributed by atoms with Crippen molar-refractivity contribution < 1.29 is 4.79 Å². The van der Waals surface area contributed by atoms with Crippen molar-refractivity contribution in [2.75, 3.05) is 12.3 Å². The molecule has 1 aliphatic rings. The van der Waals surface area contributed by atoms with Crippen LogP contribution in [-0.4, -0.2) is 17.4 Å². The molecule has 1 unspecified atom stereocenters. The number of hydrogen-bond donors (Lipinski definition) is 1. The molecular weight excluding hydrogens is 272 g/mol. The second-order valence-electron chi connectivity index (χ2n) is 5.99. The fraction of sp³-hybridized carbons (Fsp3) is 0.562. The van der Waals surface area contributed by atoms with Crippen LogP contribution in [0.3, 0.4) is 0 Å². The van der Waals surface area contributed by atoms with Gasteiger partial charge in [-0.05, 0) is 42.4 Å². The summed E-state index contributed by atoms with van der Waals surface area (Å²) in [5.41, 5.74) is 7.62. The van der Waals surface area contributed by atoms with E-state index in [0.717, 1.165) is 24.9 Å². The number of halogens is 1. The molecule has 2 rings (SSSR count). The largest absolute Gasteiger partial charge is 0.398 e. The van der Waals surface area contributed by atoms with Gasteiger partial charge in [0.25, 0.3) is 0 Å². The summed E-state index contributed by atoms with van der Waals surface area (Å²) in [7, 11) is 0. The number of carbonyl (C=O) groups is 1. The van der Waals surface area contributed by atoms with E-state index in [2.05, 4.69) is 13.8 Å². The first-order chi connectivity index (χ1) is 9.47. The van der Waals surface area contributed by atoms with E-state index in [9.17, 15) is 4.79 Å². The van der Waals surface area contributed by atoms with E-state index in [1.807, 2.05) is 17.0 Å². The Morgan fingerprint density at radius 3 is 2.80 bits per heavy atom. The molecule has 1 saturated heterocycles. The number of likely N-dealkylation sites (tertiary alicyclic amines) is 1. The number of nitrogen functional groups attached to an aromatic ring is 1. The van der Waals surface area contributed by atoms with Gasteiger partial charge in [0.2, 0.25) is 5.91 Å². The van der Waals surface area contributed by atoms with E-state index in [4.69, 9.17) is 17.3 Å². The maximum atomic E-state index is 12.2. The van der Waals surface area contributed by atoms with E-state index in [0.29, 0.717) is 35.5 Å². The third kappa shape index (κ3) is 3.66. The molecule has 1 atom stereocenters. The molecule has 20 heavy (non-hydrogen) atoms. The van der Waals surface area contributed by atoms with Gasteiger partial charge in [0.05, 0.1) is 0 Å². The van der Waals surface area contributed by atoms with Crippen molar-refractivity contribution in [2.45, 2.75) is 39.7 Å². The van der Waals surface area contributed by atoms with Crippen LogP contribution in [-0.2, 0) is 11.3 Å². The predicted molar refractivity (Wildman–Crippen MR) is 83.5 cm³/mol. The minimum atomic E-state index is 0.238. The minimum Gasteiger partial charge on any atom is -0.398 e. The molecule has 1 fully saturated rings. The average molecular weight is 295 g/mol. The highest BCUT2D eigenvalue weighted by Gasteiger charge is 2.24. The molecule has 4 heteroatoms. The number of rotatable bonds is 3. The number of anilines is 1. The van der Waals surface area contributed by atoms with Gasteiger partial charge in [0.15, 0.2) is 0 Å². The van der Waals surface area contributed by atoms with Gasteiger partial charge in [-0.3, -0.25) is 4.79 Å². The molecule has 3 nitrogen and oxygen atoms in total. The van der Waals surface area contributed by atoms with Crippen molar-refractivity contribution in [3.8, 4) is 0 Å². The lowest BCUT2D eigenvalue weighted by Crippen LogP contribution is -2.30. The van der Waals surface area contributed by atoms with Gasteiger partial charge in [0, 0.05) is 30.2 Å². The Hall–Kier alpha value is -1.22. The van der Waals surface area contributed by atoms with Crippen molar-refractivity contribution in [1.29, 1.82) is 0 Å². The maximum absolute atomic E-state index is 12.2. The summed E-state index contributed by atoms with van der Waals surface area (Å²) in [6.07, 6.45) is 2.73. The lowest BCUT2D eigenvalue weighted by atomic mass is 9.89. The Kier molecular flexibility index (Phi) is 4.92. The normalized spacial score (nSPS) is 20.3. The standard InChI is InChI=1S/C16H23ClN2O/c1-11(2)12-4-6-16(20)19(8-7-12)10-13-3-5-14(17)9-15(13)18/h3,5,9,11-12H,4,6-8,10,18H2,1-2H3. The topological polar surface area (TPSA) is 46.3 Å². The van der Waals surface area contributed by atoms with Crippen molar-refractivity contribution in [2.24, 2.45) is 11.8 Å². The molecule has 1 aromatic carbocycles. The highest BCUT2D eigenvalue weighted by atomic mass is 35.5. The third-order valence-electron chi connectivity index (χ3n) is 4.26. The number of benzene rings is 1. The SMILES string of the molecule is CC(C)C1CCC(=O)N(Cc2ccc(Cl)cc2N)CC1. The average Bonchev–Trinajstić information content (AvgIpc) is 2.56. The van der Waals surface area contributed by atoms with Crippen LogP contribution in [0.4, 0.5) is 5.69 Å². The summed E-state index contributed by atoms with van der Waals surface area (Å²) in [5.74, 6) is 1.53. The van der Waals surface area contributed by atoms with Gasteiger partial charge < -0.3 is 10.6 Å². The predicted octanol–water partition coefficient (Wildman–Crippen LogP) is 3.71. The van der Waals surface area contributed by atoms with E-state index in [1.54, 1.807) is 6.07 Å². The quantitative estimate of drug-likeness (QED) is 0.864. The van der Waals surface area contributed by atoms with Gasteiger partial charge in [-0.1, -0.05) is 31.5 Å². The third-order valence-corrected chi connectivity index (χ3v) is 4.50. The first-order valence-corrected chi connectivity index (χ1v) is 7.67. The molecule has 0 radical (unpaired) electrons. The molecule has 1 aliphatic heterocycles. The molecule has 1 amide bonds. The number of hydrogen-bond acceptors (Lipinski definition) is 2. The fourth-order valence-electron chi connectivity index (χ4n) is 2.81. The number of carbonyl (C=O) groups excluding carboxylic acids is 1. The second kappa shape index (κ2) is 6.49. The highest BCUT2D eigenvalue weighted by Crippen LogP contribution is 2.27. The van der Waals surface area contributed by atoms with Gasteiger partial charge >= 0.3 is 0 Å². The highest BCUT2D eigenvalue weighted by molar-refractivity contribution is 6.30. The Morgan fingerprint density at radius 2 is 2.15 bits per heavy atom. The van der Waals surface area contributed by atoms with E-state index < -0.39 is 0 Å². The van der Waals surface area contributed by atoms with E-state index >= 15 is 0 Å². The first-order valence-electron chi connectivity index (χ1n) is 7.29. The maximum Gasteiger partial charge on any atom is 0.222 e. The lowest BCUT2D eigenvalue weighted by molar-refractivity contribution is -0.131. The number of amides is 1. The van der Waals surface area contributed by atoms with Crippen molar-refractivity contribution in [1.82, 2.24) is 4.90 Å². The Morgan fingerprint density at radius 1 is 1.40 bits per heavy atom. The second-order valence-corrected chi connectivity index (χ2v) is 6.43. The minimum absolute atomic E-state index is 0.238. The monoisotopic (exact) mass is 294 g/mol. The number of nitrogens with two attached hydrogens (primary N) is 1. The first kappa shape index (κ1) is 15.2. The van der Waals surface area contributed by atoms with Gasteiger partial charge in [-0.15, -0.1) is 0 Å². The Bertz CT molecular complexity index is 487. The zero-order chi connectivity index (χ0) is 14.7. The van der Waals surface area contributed by atoms with Crippen molar-refractivity contribution in [3.05, 3.63) is 28.8 Å². The van der Waals surface area contributed by atoms with Crippen LogP contribution >= 0.6 is 11.6 Å². The summed E-state index contributed by atoms with van der Waals surface area (Å²) in [6, 6.07) is 5.48.